The van der Waals surface area contributed by atoms with Crippen LogP contribution in [-0.2, 0) is 12.7 Å². The van der Waals surface area contributed by atoms with Crippen LogP contribution in [0.4, 0.5) is 29.5 Å². The van der Waals surface area contributed by atoms with Crippen LogP contribution in [0, 0.1) is 6.92 Å². The second-order valence-corrected chi connectivity index (χ2v) is 9.14. The Kier molecular flexibility index (Phi) is 6.63. The molecule has 0 radical (unpaired) electrons. The number of nitrogens with zero attached hydrogens (tertiary/aromatic N) is 4. The molecule has 0 unspecified atom stereocenters. The molecule has 1 aliphatic rings. The van der Waals surface area contributed by atoms with Crippen molar-refractivity contribution in [1.82, 2.24) is 25.2 Å². The van der Waals surface area contributed by atoms with Gasteiger partial charge in [0.05, 0.1) is 24.3 Å². The van der Waals surface area contributed by atoms with Crippen LogP contribution in [0.2, 0.25) is 0 Å². The quantitative estimate of drug-likeness (QED) is 0.468. The lowest BCUT2D eigenvalue weighted by atomic mass is 10.1. The maximum atomic E-state index is 13.2. The van der Waals surface area contributed by atoms with Gasteiger partial charge in [0.15, 0.2) is 0 Å². The summed E-state index contributed by atoms with van der Waals surface area (Å²) in [5, 5.41) is 8.18. The summed E-state index contributed by atoms with van der Waals surface area (Å²) >= 11 is 0.990. The molecule has 1 aliphatic heterocycles. The van der Waals surface area contributed by atoms with E-state index in [-0.39, 0.29) is 40.2 Å². The van der Waals surface area contributed by atoms with Gasteiger partial charge in [-0.05, 0) is 31.5 Å². The molecule has 14 heteroatoms. The number of aryl methyl sites for hydroxylation is 1. The number of halogens is 3. The molecule has 10 nitrogen and oxygen atoms in total. The summed E-state index contributed by atoms with van der Waals surface area (Å²) in [7, 11) is 1.57. The van der Waals surface area contributed by atoms with Crippen molar-refractivity contribution in [3.05, 3.63) is 63.0 Å². The lowest BCUT2D eigenvalue weighted by Crippen LogP contribution is -2.38. The number of carbonyl (C=O) groups excluding carboxylic acids is 3. The number of anilines is 2. The second-order valence-electron chi connectivity index (χ2n) is 8.08. The van der Waals surface area contributed by atoms with Crippen molar-refractivity contribution < 1.29 is 27.6 Å². The molecule has 1 aromatic carbocycles. The standard InChI is InChI=1S/C22H20F3N7O3S/c1-10-4-5-12(6-14(10)22(23,24)25)30-18(33)15-7-26-20(36-15)11(2)29-19(34)16-13-8-32(3)21(35)31-17(13)28-9-27-16/h4-7,9,11H,8H2,1-3H3,(H,29,34)(H,30,33)(H,27,28,31,35)/t11-/m1/s1. The molecular weight excluding hydrogens is 499 g/mol. The number of fused-ring (bicyclic) bond motifs is 1. The topological polar surface area (TPSA) is 129 Å². The molecular formula is C22H20F3N7O3S. The number of urea groups is 1. The van der Waals surface area contributed by atoms with Gasteiger partial charge >= 0.3 is 12.2 Å². The number of alkyl halides is 3. The summed E-state index contributed by atoms with van der Waals surface area (Å²) in [5.74, 6) is -0.895. The van der Waals surface area contributed by atoms with Gasteiger partial charge in [0.25, 0.3) is 11.8 Å². The lowest BCUT2D eigenvalue weighted by Gasteiger charge is -2.26. The van der Waals surface area contributed by atoms with Crippen molar-refractivity contribution in [3.8, 4) is 0 Å². The largest absolute Gasteiger partial charge is 0.416 e. The molecule has 4 amide bonds. The molecule has 0 saturated heterocycles. The summed E-state index contributed by atoms with van der Waals surface area (Å²) in [4.78, 5) is 51.0. The zero-order valence-electron chi connectivity index (χ0n) is 19.2. The van der Waals surface area contributed by atoms with Gasteiger partial charge in [0, 0.05) is 18.3 Å². The van der Waals surface area contributed by atoms with Crippen molar-refractivity contribution in [2.75, 3.05) is 17.7 Å². The highest BCUT2D eigenvalue weighted by atomic mass is 32.1. The fraction of sp³-hybridized carbons (Fsp3) is 0.273. The average molecular weight is 520 g/mol. The number of aromatic nitrogens is 3. The minimum absolute atomic E-state index is 0.000166. The maximum absolute atomic E-state index is 13.2. The predicted molar refractivity (Wildman–Crippen MR) is 125 cm³/mol. The Hall–Kier alpha value is -4.07. The van der Waals surface area contributed by atoms with Gasteiger partial charge in [-0.25, -0.2) is 19.7 Å². The molecule has 0 fully saturated rings. The van der Waals surface area contributed by atoms with Gasteiger partial charge in [0.1, 0.15) is 27.7 Å². The first-order valence-corrected chi connectivity index (χ1v) is 11.4. The normalized spacial score (nSPS) is 14.1. The number of rotatable bonds is 5. The van der Waals surface area contributed by atoms with Gasteiger partial charge in [0.2, 0.25) is 0 Å². The van der Waals surface area contributed by atoms with Crippen LogP contribution in [0.15, 0.2) is 30.7 Å². The van der Waals surface area contributed by atoms with Crippen LogP contribution < -0.4 is 16.0 Å². The molecule has 3 N–H and O–H groups in total. The summed E-state index contributed by atoms with van der Waals surface area (Å²) in [6.45, 7) is 3.15. The summed E-state index contributed by atoms with van der Waals surface area (Å²) < 4.78 is 39.5. The van der Waals surface area contributed by atoms with Gasteiger partial charge in [-0.3, -0.25) is 14.9 Å². The van der Waals surface area contributed by atoms with Crippen LogP contribution >= 0.6 is 11.3 Å². The number of hydrogen-bond donors (Lipinski definition) is 3. The number of thiazole rings is 1. The molecule has 2 aromatic heterocycles. The molecule has 3 aromatic rings. The first-order chi connectivity index (χ1) is 16.9. The molecule has 0 saturated carbocycles. The molecule has 0 aliphatic carbocycles. The molecule has 3 heterocycles. The van der Waals surface area contributed by atoms with E-state index in [1.165, 1.54) is 36.5 Å². The van der Waals surface area contributed by atoms with E-state index in [2.05, 4.69) is 30.9 Å². The number of carbonyl (C=O) groups is 3. The van der Waals surface area contributed by atoms with Crippen molar-refractivity contribution in [2.45, 2.75) is 32.6 Å². The van der Waals surface area contributed by atoms with Crippen LogP contribution in [0.3, 0.4) is 0 Å². The van der Waals surface area contributed by atoms with E-state index in [9.17, 15) is 27.6 Å². The number of nitrogens with one attached hydrogen (secondary N) is 3. The van der Waals surface area contributed by atoms with Crippen molar-refractivity contribution in [3.63, 3.8) is 0 Å². The van der Waals surface area contributed by atoms with Gasteiger partial charge in [-0.2, -0.15) is 13.2 Å². The number of hydrogen-bond acceptors (Lipinski definition) is 7. The highest BCUT2D eigenvalue weighted by Crippen LogP contribution is 2.33. The Morgan fingerprint density at radius 1 is 1.19 bits per heavy atom. The third kappa shape index (κ3) is 5.12. The van der Waals surface area contributed by atoms with Crippen molar-refractivity contribution >= 4 is 40.7 Å². The second kappa shape index (κ2) is 9.53. The van der Waals surface area contributed by atoms with Gasteiger partial charge in [-0.15, -0.1) is 11.3 Å². The molecule has 36 heavy (non-hydrogen) atoms. The highest BCUT2D eigenvalue weighted by molar-refractivity contribution is 7.13. The average Bonchev–Trinajstić information content (AvgIpc) is 3.31. The molecule has 1 atom stereocenters. The van der Waals surface area contributed by atoms with Crippen LogP contribution in [0.1, 0.15) is 54.8 Å². The minimum Gasteiger partial charge on any atom is -0.342 e. The zero-order valence-corrected chi connectivity index (χ0v) is 20.0. The molecule has 0 bridgehead atoms. The first-order valence-electron chi connectivity index (χ1n) is 10.6. The van der Waals surface area contributed by atoms with Crippen LogP contribution in [0.5, 0.6) is 0 Å². The van der Waals surface area contributed by atoms with E-state index in [0.717, 1.165) is 17.4 Å². The van der Waals surface area contributed by atoms with E-state index < -0.39 is 29.6 Å². The highest BCUT2D eigenvalue weighted by Gasteiger charge is 2.33. The fourth-order valence-electron chi connectivity index (χ4n) is 3.49. The Labute approximate surface area is 207 Å². The third-order valence-electron chi connectivity index (χ3n) is 5.39. The smallest absolute Gasteiger partial charge is 0.342 e. The van der Waals surface area contributed by atoms with E-state index >= 15 is 0 Å². The Balaban J connectivity index is 1.45. The van der Waals surface area contributed by atoms with Crippen molar-refractivity contribution in [2.24, 2.45) is 0 Å². The Morgan fingerprint density at radius 3 is 2.67 bits per heavy atom. The minimum atomic E-state index is -4.54. The van der Waals surface area contributed by atoms with E-state index in [1.54, 1.807) is 14.0 Å². The fourth-order valence-corrected chi connectivity index (χ4v) is 4.30. The van der Waals surface area contributed by atoms with Crippen LogP contribution in [0.25, 0.3) is 0 Å². The van der Waals surface area contributed by atoms with E-state index in [1.807, 2.05) is 0 Å². The van der Waals surface area contributed by atoms with Gasteiger partial charge in [-0.1, -0.05) is 6.07 Å². The molecule has 4 rings (SSSR count). The number of amides is 4. The first kappa shape index (κ1) is 25.0. The Bertz CT molecular complexity index is 1360. The maximum Gasteiger partial charge on any atom is 0.416 e. The van der Waals surface area contributed by atoms with Crippen LogP contribution in [-0.4, -0.2) is 44.7 Å². The third-order valence-corrected chi connectivity index (χ3v) is 6.57. The van der Waals surface area contributed by atoms with E-state index in [0.29, 0.717) is 10.6 Å². The summed E-state index contributed by atoms with van der Waals surface area (Å²) in [5.41, 5.74) is -0.240. The van der Waals surface area contributed by atoms with E-state index in [4.69, 9.17) is 0 Å². The summed E-state index contributed by atoms with van der Waals surface area (Å²) in [6, 6.07) is 2.58. The number of benzene rings is 1. The van der Waals surface area contributed by atoms with Crippen molar-refractivity contribution in [1.29, 1.82) is 0 Å². The predicted octanol–water partition coefficient (Wildman–Crippen LogP) is 3.98. The van der Waals surface area contributed by atoms with Gasteiger partial charge < -0.3 is 15.5 Å². The Morgan fingerprint density at radius 2 is 1.94 bits per heavy atom. The zero-order chi connectivity index (χ0) is 26.2. The molecule has 188 valence electrons. The monoisotopic (exact) mass is 519 g/mol. The lowest BCUT2D eigenvalue weighted by molar-refractivity contribution is -0.138. The summed E-state index contributed by atoms with van der Waals surface area (Å²) in [6.07, 6.45) is -2.08. The SMILES string of the molecule is Cc1ccc(NC(=O)c2cnc([C@@H](C)NC(=O)c3ncnc4c3CN(C)C(=O)N4)s2)cc1C(F)(F)F. The molecule has 0 spiro atoms.